The van der Waals surface area contributed by atoms with E-state index in [9.17, 15) is 0 Å². The minimum Gasteiger partial charge on any atom is -0.473 e. The average molecular weight is 419 g/mol. The quantitative estimate of drug-likeness (QED) is 0.724. The summed E-state index contributed by atoms with van der Waals surface area (Å²) in [6.45, 7) is 8.79. The van der Waals surface area contributed by atoms with Gasteiger partial charge in [-0.25, -0.2) is 9.59 Å². The van der Waals surface area contributed by atoms with Gasteiger partial charge < -0.3 is 10.2 Å². The summed E-state index contributed by atoms with van der Waals surface area (Å²) < 4.78 is 0. The van der Waals surface area contributed by atoms with Crippen LogP contribution in [0.2, 0.25) is 5.02 Å². The van der Waals surface area contributed by atoms with Crippen LogP contribution in [0.5, 0.6) is 0 Å². The van der Waals surface area contributed by atoms with Crippen LogP contribution in [0.25, 0.3) is 0 Å². The Kier molecular flexibility index (Phi) is 9.12. The molecule has 1 saturated heterocycles. The van der Waals surface area contributed by atoms with Crippen molar-refractivity contribution in [2.75, 3.05) is 26.2 Å². The van der Waals surface area contributed by atoms with Crippen LogP contribution in [0, 0.1) is 0 Å². The monoisotopic (exact) mass is 418 g/mol. The van der Waals surface area contributed by atoms with E-state index in [0.29, 0.717) is 0 Å². The third-order valence-corrected chi connectivity index (χ3v) is 5.02. The van der Waals surface area contributed by atoms with Gasteiger partial charge in [0.1, 0.15) is 0 Å². The van der Waals surface area contributed by atoms with Crippen LogP contribution in [0.15, 0.2) is 48.5 Å². The molecule has 0 aromatic heterocycles. The maximum absolute atomic E-state index is 9.10. The van der Waals surface area contributed by atoms with Gasteiger partial charge >= 0.3 is 11.9 Å². The summed E-state index contributed by atoms with van der Waals surface area (Å²) in [5.74, 6) is -3.65. The maximum atomic E-state index is 9.10. The Morgan fingerprint density at radius 3 is 1.76 bits per heavy atom. The molecule has 3 rings (SSSR count). The van der Waals surface area contributed by atoms with Crippen LogP contribution in [-0.2, 0) is 29.1 Å². The van der Waals surface area contributed by atoms with E-state index < -0.39 is 11.9 Å². The molecule has 1 aliphatic rings. The van der Waals surface area contributed by atoms with Crippen molar-refractivity contribution in [3.8, 4) is 0 Å². The number of carbonyl (C=O) groups is 2. The zero-order valence-corrected chi connectivity index (χ0v) is 17.3. The molecule has 6 nitrogen and oxygen atoms in total. The Morgan fingerprint density at radius 2 is 1.31 bits per heavy atom. The van der Waals surface area contributed by atoms with Crippen LogP contribution in [0.3, 0.4) is 0 Å². The first-order chi connectivity index (χ1) is 13.9. The number of benzene rings is 2. The number of carboxylic acids is 2. The number of carboxylic acid groups (broad SMARTS) is 2. The summed E-state index contributed by atoms with van der Waals surface area (Å²) in [5, 5.41) is 15.6. The summed E-state index contributed by atoms with van der Waals surface area (Å²) in [6, 6.07) is 17.3. The molecule has 0 unspecified atom stereocenters. The number of hydrogen-bond acceptors (Lipinski definition) is 4. The van der Waals surface area contributed by atoms with Gasteiger partial charge in [0, 0.05) is 44.3 Å². The van der Waals surface area contributed by atoms with Crippen molar-refractivity contribution in [2.24, 2.45) is 0 Å². The molecule has 0 saturated carbocycles. The Labute approximate surface area is 176 Å². The largest absolute Gasteiger partial charge is 0.473 e. The third kappa shape index (κ3) is 8.23. The highest BCUT2D eigenvalue weighted by molar-refractivity contribution is 6.30. The molecular weight excluding hydrogens is 392 g/mol. The molecule has 7 heteroatoms. The first kappa shape index (κ1) is 22.9. The van der Waals surface area contributed by atoms with Crippen LogP contribution < -0.4 is 0 Å². The molecule has 0 bridgehead atoms. The van der Waals surface area contributed by atoms with Crippen LogP contribution in [-0.4, -0.2) is 58.1 Å². The summed E-state index contributed by atoms with van der Waals surface area (Å²) in [4.78, 5) is 23.3. The predicted molar refractivity (Wildman–Crippen MR) is 113 cm³/mol. The van der Waals surface area contributed by atoms with Crippen molar-refractivity contribution in [3.05, 3.63) is 70.2 Å². The molecule has 0 amide bonds. The van der Waals surface area contributed by atoms with Crippen molar-refractivity contribution in [1.29, 1.82) is 0 Å². The van der Waals surface area contributed by atoms with E-state index in [2.05, 4.69) is 53.1 Å². The van der Waals surface area contributed by atoms with Crippen LogP contribution in [0.1, 0.15) is 23.6 Å². The van der Waals surface area contributed by atoms with Gasteiger partial charge in [0.15, 0.2) is 0 Å². The summed E-state index contributed by atoms with van der Waals surface area (Å²) in [6.07, 6.45) is 1.11. The number of hydrogen-bond donors (Lipinski definition) is 2. The predicted octanol–water partition coefficient (Wildman–Crippen LogP) is 3.38. The van der Waals surface area contributed by atoms with E-state index >= 15 is 0 Å². The lowest BCUT2D eigenvalue weighted by Crippen LogP contribution is -2.45. The molecular formula is C22H27ClN2O4. The normalized spacial score (nSPS) is 14.7. The number of nitrogens with zero attached hydrogens (tertiary/aromatic N) is 2. The van der Waals surface area contributed by atoms with E-state index in [1.165, 1.54) is 16.7 Å². The molecule has 1 heterocycles. The van der Waals surface area contributed by atoms with Crippen LogP contribution >= 0.6 is 11.6 Å². The molecule has 0 atom stereocenters. The van der Waals surface area contributed by atoms with E-state index in [0.717, 1.165) is 50.7 Å². The molecule has 1 fully saturated rings. The molecule has 1 aliphatic heterocycles. The number of aryl methyl sites for hydroxylation is 1. The summed E-state index contributed by atoms with van der Waals surface area (Å²) in [7, 11) is 0. The Hall–Kier alpha value is -2.41. The molecule has 2 N–H and O–H groups in total. The number of rotatable bonds is 5. The molecule has 156 valence electrons. The fraction of sp³-hybridized carbons (Fsp3) is 0.364. The SMILES string of the molecule is CCc1ccc(CN2CCN(Cc3cccc(Cl)c3)CC2)cc1.O=C(O)C(=O)O. The molecule has 2 aromatic rings. The Bertz CT molecular complexity index is 791. The van der Waals surface area contributed by atoms with E-state index in [1.54, 1.807) is 0 Å². The number of piperazine rings is 1. The second-order valence-corrected chi connectivity index (χ2v) is 7.40. The molecule has 0 radical (unpaired) electrons. The summed E-state index contributed by atoms with van der Waals surface area (Å²) >= 11 is 6.07. The van der Waals surface area contributed by atoms with Gasteiger partial charge in [-0.3, -0.25) is 9.80 Å². The van der Waals surface area contributed by atoms with Gasteiger partial charge in [-0.15, -0.1) is 0 Å². The lowest BCUT2D eigenvalue weighted by Gasteiger charge is -2.34. The van der Waals surface area contributed by atoms with Gasteiger partial charge in [-0.1, -0.05) is 54.9 Å². The topological polar surface area (TPSA) is 81.1 Å². The smallest absolute Gasteiger partial charge is 0.414 e. The molecule has 0 spiro atoms. The van der Waals surface area contributed by atoms with Crippen molar-refractivity contribution < 1.29 is 19.8 Å². The average Bonchev–Trinajstić information content (AvgIpc) is 2.70. The first-order valence-electron chi connectivity index (χ1n) is 9.60. The zero-order valence-electron chi connectivity index (χ0n) is 16.6. The molecule has 29 heavy (non-hydrogen) atoms. The Balaban J connectivity index is 0.000000438. The van der Waals surface area contributed by atoms with Gasteiger partial charge in [0.25, 0.3) is 0 Å². The lowest BCUT2D eigenvalue weighted by atomic mass is 10.1. The van der Waals surface area contributed by atoms with Gasteiger partial charge in [0.2, 0.25) is 0 Å². The zero-order chi connectivity index (χ0) is 21.2. The van der Waals surface area contributed by atoms with E-state index in [1.807, 2.05) is 12.1 Å². The van der Waals surface area contributed by atoms with Gasteiger partial charge in [0.05, 0.1) is 0 Å². The lowest BCUT2D eigenvalue weighted by molar-refractivity contribution is -0.159. The van der Waals surface area contributed by atoms with Crippen molar-refractivity contribution in [2.45, 2.75) is 26.4 Å². The van der Waals surface area contributed by atoms with Crippen molar-refractivity contribution in [1.82, 2.24) is 9.80 Å². The van der Waals surface area contributed by atoms with Gasteiger partial charge in [-0.05, 0) is 35.2 Å². The van der Waals surface area contributed by atoms with E-state index in [-0.39, 0.29) is 0 Å². The maximum Gasteiger partial charge on any atom is 0.414 e. The summed E-state index contributed by atoms with van der Waals surface area (Å²) in [5.41, 5.74) is 4.15. The Morgan fingerprint density at radius 1 is 0.828 bits per heavy atom. The first-order valence-corrected chi connectivity index (χ1v) is 9.98. The fourth-order valence-electron chi connectivity index (χ4n) is 3.14. The number of halogens is 1. The van der Waals surface area contributed by atoms with E-state index in [4.69, 9.17) is 31.4 Å². The van der Waals surface area contributed by atoms with Crippen molar-refractivity contribution >= 4 is 23.5 Å². The minimum atomic E-state index is -1.82. The minimum absolute atomic E-state index is 0.830. The molecule has 0 aliphatic carbocycles. The highest BCUT2D eigenvalue weighted by Crippen LogP contribution is 2.15. The highest BCUT2D eigenvalue weighted by atomic mass is 35.5. The van der Waals surface area contributed by atoms with Gasteiger partial charge in [-0.2, -0.15) is 0 Å². The molecule has 2 aromatic carbocycles. The fourth-order valence-corrected chi connectivity index (χ4v) is 3.35. The third-order valence-electron chi connectivity index (χ3n) is 4.78. The van der Waals surface area contributed by atoms with Crippen LogP contribution in [0.4, 0.5) is 0 Å². The standard InChI is InChI=1S/C20H25ClN2.C2H2O4/c1-2-17-6-8-18(9-7-17)15-22-10-12-23(13-11-22)16-19-4-3-5-20(21)14-19;3-1(4)2(5)6/h3-9,14H,2,10-13,15-16H2,1H3;(H,3,4)(H,5,6). The number of aliphatic carboxylic acids is 2. The van der Waals surface area contributed by atoms with Crippen molar-refractivity contribution in [3.63, 3.8) is 0 Å². The highest BCUT2D eigenvalue weighted by Gasteiger charge is 2.17. The second-order valence-electron chi connectivity index (χ2n) is 6.96. The second kappa shape index (κ2) is 11.6.